The molecule has 0 spiro atoms. The van der Waals surface area contributed by atoms with E-state index in [0.29, 0.717) is 11.5 Å². The lowest BCUT2D eigenvalue weighted by molar-refractivity contribution is 0.619. The Hall–Kier alpha value is -13.1. The molecular weight excluding hydrogens is 1180 g/mol. The summed E-state index contributed by atoms with van der Waals surface area (Å²) in [6, 6.07) is 121. The molecule has 20 aromatic rings. The van der Waals surface area contributed by atoms with Gasteiger partial charge in [0.1, 0.15) is 5.52 Å². The maximum atomic E-state index is 7.59. The van der Waals surface area contributed by atoms with Crippen molar-refractivity contribution in [1.29, 1.82) is 0 Å². The standard InChI is InChI=1S/C90H56N6O/c1-5-25-57(26-6-1)61-44-48-79-69(53-61)65-33-13-18-39-75(65)93(79)86-84(74-38-23-24-52-91-74)87(94-76-40-19-14-34-66(76)70-54-62(45-49-80(70)94)58-27-7-2-8-28-58)89(96-78-42-21-16-36-68(78)72-56-64(47-51-82(72)96)60-31-11-4-12-32-60)88(85(86)90-92-73-37-17-22-43-83(73)97-90)95-77-41-20-15-35-67(77)71-55-63(46-50-81(71)95)59-29-9-3-10-30-59/h1-56H. The van der Waals surface area contributed by atoms with Gasteiger partial charge in [-0.15, -0.1) is 0 Å². The van der Waals surface area contributed by atoms with E-state index in [0.717, 1.165) is 177 Å². The van der Waals surface area contributed by atoms with Crippen LogP contribution in [0, 0.1) is 0 Å². The first-order chi connectivity index (χ1) is 48.2. The summed E-state index contributed by atoms with van der Waals surface area (Å²) in [5, 5.41) is 8.87. The molecule has 14 aromatic carbocycles. The van der Waals surface area contributed by atoms with Crippen molar-refractivity contribution >= 4 is 98.3 Å². The van der Waals surface area contributed by atoms with Crippen molar-refractivity contribution < 1.29 is 4.42 Å². The van der Waals surface area contributed by atoms with Crippen LogP contribution in [0.3, 0.4) is 0 Å². The average Bonchev–Trinajstić information content (AvgIpc) is 1.58. The molecule has 452 valence electrons. The van der Waals surface area contributed by atoms with Crippen molar-refractivity contribution in [3.63, 3.8) is 0 Å². The van der Waals surface area contributed by atoms with E-state index >= 15 is 0 Å². The second kappa shape index (κ2) is 21.7. The second-order valence-electron chi connectivity index (χ2n) is 25.1. The normalized spacial score (nSPS) is 11.9. The van der Waals surface area contributed by atoms with Gasteiger partial charge < -0.3 is 22.7 Å². The summed E-state index contributed by atoms with van der Waals surface area (Å²) in [4.78, 5) is 11.4. The molecule has 6 aromatic heterocycles. The summed E-state index contributed by atoms with van der Waals surface area (Å²) in [6.45, 7) is 0. The van der Waals surface area contributed by atoms with Crippen molar-refractivity contribution in [3.05, 3.63) is 340 Å². The minimum Gasteiger partial charge on any atom is -0.436 e. The van der Waals surface area contributed by atoms with Crippen molar-refractivity contribution in [2.75, 3.05) is 0 Å². The van der Waals surface area contributed by atoms with Crippen LogP contribution >= 0.6 is 0 Å². The molecule has 7 heteroatoms. The summed E-state index contributed by atoms with van der Waals surface area (Å²) in [5.41, 5.74) is 24.6. The third-order valence-corrected chi connectivity index (χ3v) is 19.8. The number of oxazole rings is 1. The lowest BCUT2D eigenvalue weighted by Crippen LogP contribution is -2.16. The Balaban J connectivity index is 1.09. The minimum absolute atomic E-state index is 0.455. The van der Waals surface area contributed by atoms with Gasteiger partial charge in [-0.1, -0.05) is 237 Å². The van der Waals surface area contributed by atoms with Crippen LogP contribution in [0.1, 0.15) is 0 Å². The zero-order valence-electron chi connectivity index (χ0n) is 52.4. The van der Waals surface area contributed by atoms with E-state index in [9.17, 15) is 0 Å². The number of hydrogen-bond donors (Lipinski definition) is 0. The van der Waals surface area contributed by atoms with Gasteiger partial charge in [0.05, 0.1) is 83.7 Å². The molecule has 0 radical (unpaired) electrons. The van der Waals surface area contributed by atoms with Gasteiger partial charge in [0.15, 0.2) is 5.58 Å². The fourth-order valence-electron chi connectivity index (χ4n) is 15.6. The highest BCUT2D eigenvalue weighted by atomic mass is 16.3. The molecule has 0 aliphatic rings. The van der Waals surface area contributed by atoms with E-state index in [4.69, 9.17) is 14.4 Å². The summed E-state index contributed by atoms with van der Waals surface area (Å²) in [6.07, 6.45) is 1.94. The Morgan fingerprint density at radius 1 is 0.227 bits per heavy atom. The number of pyridine rings is 1. The van der Waals surface area contributed by atoms with Crippen molar-refractivity contribution in [1.82, 2.24) is 28.2 Å². The van der Waals surface area contributed by atoms with Crippen LogP contribution in [0.5, 0.6) is 0 Å². The van der Waals surface area contributed by atoms with Gasteiger partial charge >= 0.3 is 0 Å². The molecule has 0 aliphatic heterocycles. The first-order valence-electron chi connectivity index (χ1n) is 33.0. The fraction of sp³-hybridized carbons (Fsp3) is 0. The molecule has 6 heterocycles. The van der Waals surface area contributed by atoms with Crippen LogP contribution in [0.15, 0.2) is 344 Å². The molecule has 0 bridgehead atoms. The van der Waals surface area contributed by atoms with Gasteiger partial charge in [0.25, 0.3) is 0 Å². The van der Waals surface area contributed by atoms with Crippen LogP contribution in [-0.2, 0) is 0 Å². The number of nitrogens with zero attached hydrogens (tertiary/aromatic N) is 6. The predicted octanol–water partition coefficient (Wildman–Crippen LogP) is 23.6. The largest absolute Gasteiger partial charge is 0.436 e. The molecular formula is C90H56N6O. The summed E-state index contributed by atoms with van der Waals surface area (Å²) >= 11 is 0. The Morgan fingerprint density at radius 3 is 0.928 bits per heavy atom. The molecule has 0 saturated carbocycles. The van der Waals surface area contributed by atoms with Crippen LogP contribution in [0.2, 0.25) is 0 Å². The highest BCUT2D eigenvalue weighted by Crippen LogP contribution is 2.55. The van der Waals surface area contributed by atoms with Gasteiger partial charge in [-0.25, -0.2) is 4.98 Å². The SMILES string of the molecule is c1ccc(-c2ccc3c(c2)c2ccccc2n3-c2c(-c3ccccn3)c(-n3c4ccccc4c4cc(-c5ccccc5)ccc43)c(-n3c4ccccc4c4cc(-c5ccccc5)ccc43)c(-n3c4ccccc4c4cc(-c5ccccc5)ccc43)c2-c2nc3ccccc3o2)cc1. The molecule has 0 unspecified atom stereocenters. The summed E-state index contributed by atoms with van der Waals surface area (Å²) < 4.78 is 17.7. The van der Waals surface area contributed by atoms with Crippen LogP contribution in [0.25, 0.3) is 188 Å². The molecule has 7 nitrogen and oxygen atoms in total. The Kier molecular flexibility index (Phi) is 12.2. The number of rotatable bonds is 10. The maximum Gasteiger partial charge on any atom is 0.231 e. The van der Waals surface area contributed by atoms with Gasteiger partial charge in [-0.3, -0.25) is 4.98 Å². The van der Waals surface area contributed by atoms with Crippen LogP contribution < -0.4 is 0 Å². The summed E-state index contributed by atoms with van der Waals surface area (Å²) in [5.74, 6) is 0.455. The van der Waals surface area contributed by atoms with E-state index in [2.05, 4.69) is 328 Å². The lowest BCUT2D eigenvalue weighted by Gasteiger charge is -2.30. The number of benzene rings is 14. The Bertz CT molecular complexity index is 6500. The third kappa shape index (κ3) is 8.42. The van der Waals surface area contributed by atoms with Crippen LogP contribution in [-0.4, -0.2) is 28.2 Å². The van der Waals surface area contributed by atoms with E-state index in [1.54, 1.807) is 0 Å². The smallest absolute Gasteiger partial charge is 0.231 e. The zero-order chi connectivity index (χ0) is 63.7. The molecule has 97 heavy (non-hydrogen) atoms. The molecule has 0 aliphatic carbocycles. The van der Waals surface area contributed by atoms with Gasteiger partial charge in [0, 0.05) is 49.3 Å². The van der Waals surface area contributed by atoms with E-state index in [1.165, 1.54) is 0 Å². The van der Waals surface area contributed by atoms with Crippen LogP contribution in [0.4, 0.5) is 0 Å². The molecule has 0 N–H and O–H groups in total. The highest BCUT2D eigenvalue weighted by molar-refractivity contribution is 6.19. The topological polar surface area (TPSA) is 58.6 Å². The van der Waals surface area contributed by atoms with E-state index in [-0.39, 0.29) is 0 Å². The monoisotopic (exact) mass is 1240 g/mol. The summed E-state index contributed by atoms with van der Waals surface area (Å²) in [7, 11) is 0. The molecule has 0 fully saturated rings. The Labute approximate surface area is 557 Å². The number of fused-ring (bicyclic) bond motifs is 13. The number of para-hydroxylation sites is 6. The minimum atomic E-state index is 0.455. The number of hydrogen-bond acceptors (Lipinski definition) is 3. The zero-order valence-corrected chi connectivity index (χ0v) is 52.4. The fourth-order valence-corrected chi connectivity index (χ4v) is 15.6. The number of aromatic nitrogens is 6. The lowest BCUT2D eigenvalue weighted by atomic mass is 9.94. The Morgan fingerprint density at radius 2 is 0.546 bits per heavy atom. The van der Waals surface area contributed by atoms with Crippen molar-refractivity contribution in [2.24, 2.45) is 0 Å². The van der Waals surface area contributed by atoms with Gasteiger partial charge in [0.2, 0.25) is 5.89 Å². The van der Waals surface area contributed by atoms with Gasteiger partial charge in [-0.05, 0) is 142 Å². The second-order valence-corrected chi connectivity index (χ2v) is 25.1. The maximum absolute atomic E-state index is 7.59. The first-order valence-corrected chi connectivity index (χ1v) is 33.0. The molecule has 0 saturated heterocycles. The average molecular weight is 1240 g/mol. The first kappa shape index (κ1) is 54.5. The molecule has 0 amide bonds. The van der Waals surface area contributed by atoms with Crippen molar-refractivity contribution in [2.45, 2.75) is 0 Å². The van der Waals surface area contributed by atoms with E-state index in [1.807, 2.05) is 30.5 Å². The van der Waals surface area contributed by atoms with Gasteiger partial charge in [-0.2, -0.15) is 0 Å². The van der Waals surface area contributed by atoms with Crippen molar-refractivity contribution in [3.8, 4) is 90.0 Å². The van der Waals surface area contributed by atoms with E-state index < -0.39 is 0 Å². The third-order valence-electron chi connectivity index (χ3n) is 19.8. The highest BCUT2D eigenvalue weighted by Gasteiger charge is 2.38. The molecule has 20 rings (SSSR count). The predicted molar refractivity (Wildman–Crippen MR) is 402 cm³/mol. The molecule has 0 atom stereocenters. The quantitative estimate of drug-likeness (QED) is 0.137.